The Balaban J connectivity index is 2.16. The van der Waals surface area contributed by atoms with Crippen LogP contribution in [0.25, 0.3) is 0 Å². The molecule has 3 rings (SSSR count). The Kier molecular flexibility index (Phi) is 10.0. The van der Waals surface area contributed by atoms with E-state index in [-0.39, 0.29) is 38.3 Å². The van der Waals surface area contributed by atoms with Crippen molar-refractivity contribution in [2.75, 3.05) is 10.2 Å². The molecule has 0 aliphatic rings. The summed E-state index contributed by atoms with van der Waals surface area (Å²) in [6, 6.07) is 6.01. The van der Waals surface area contributed by atoms with E-state index in [2.05, 4.69) is 20.5 Å². The Bertz CT molecular complexity index is 1550. The summed E-state index contributed by atoms with van der Waals surface area (Å²) >= 11 is 12.5. The van der Waals surface area contributed by atoms with Gasteiger partial charge in [-0.2, -0.15) is 4.90 Å². The molecule has 2 N–H and O–H groups in total. The van der Waals surface area contributed by atoms with Gasteiger partial charge in [-0.3, -0.25) is 9.59 Å². The van der Waals surface area contributed by atoms with E-state index in [0.717, 1.165) is 12.1 Å². The van der Waals surface area contributed by atoms with E-state index in [0.29, 0.717) is 4.90 Å². The number of nitrogens with zero attached hydrogens (tertiary/aromatic N) is 3. The van der Waals surface area contributed by atoms with Crippen LogP contribution in [0.5, 0.6) is 5.75 Å². The van der Waals surface area contributed by atoms with Gasteiger partial charge in [-0.15, -0.1) is 10.2 Å². The predicted octanol–water partition coefficient (Wildman–Crippen LogP) is 6.68. The number of hydrogen-bond acceptors (Lipinski definition) is 9. The number of rotatable bonds is 6. The molecule has 15 heteroatoms. The van der Waals surface area contributed by atoms with Crippen molar-refractivity contribution in [3.05, 3.63) is 74.0 Å². The van der Waals surface area contributed by atoms with Gasteiger partial charge in [0.25, 0.3) is 5.91 Å². The number of amides is 3. The minimum atomic E-state index is -1.18. The zero-order valence-corrected chi connectivity index (χ0v) is 25.9. The molecule has 0 aliphatic carbocycles. The van der Waals surface area contributed by atoms with E-state index in [1.807, 2.05) is 0 Å². The van der Waals surface area contributed by atoms with Gasteiger partial charge in [-0.25, -0.2) is 14.0 Å². The Morgan fingerprint density at radius 1 is 0.977 bits per heavy atom. The predicted molar refractivity (Wildman–Crippen MR) is 157 cm³/mol. The molecule has 0 saturated carbocycles. The fraction of sp³-hybridized carbons (Fsp3) is 0.357. The molecular formula is C28H30Cl2FN5O7. The van der Waals surface area contributed by atoms with Crippen LogP contribution in [0.1, 0.15) is 70.6 Å². The number of H-pyrrole nitrogens is 1. The molecule has 0 bridgehead atoms. The molecule has 0 spiro atoms. The molecule has 2 aromatic heterocycles. The third-order valence-corrected chi connectivity index (χ3v) is 5.88. The topological polar surface area (TPSA) is 153 Å². The summed E-state index contributed by atoms with van der Waals surface area (Å²) in [6.45, 7) is 11.0. The average molecular weight is 638 g/mol. The van der Waals surface area contributed by atoms with Crippen molar-refractivity contribution < 1.29 is 33.0 Å². The summed E-state index contributed by atoms with van der Waals surface area (Å²) in [4.78, 5) is 53.9. The number of carbonyl (C=O) groups excluding carboxylic acids is 3. The van der Waals surface area contributed by atoms with Gasteiger partial charge in [-0.05, 0) is 66.7 Å². The lowest BCUT2D eigenvalue weighted by atomic mass is 10.1. The highest BCUT2D eigenvalue weighted by Gasteiger charge is 2.37. The van der Waals surface area contributed by atoms with E-state index in [4.69, 9.17) is 37.4 Å². The zero-order valence-electron chi connectivity index (χ0n) is 24.4. The second-order valence-corrected chi connectivity index (χ2v) is 11.9. The van der Waals surface area contributed by atoms with Crippen LogP contribution in [0.4, 0.5) is 25.5 Å². The normalized spacial score (nSPS) is 12.2. The fourth-order valence-corrected chi connectivity index (χ4v) is 4.11. The molecule has 1 aromatic carbocycles. The number of anilines is 2. The molecule has 43 heavy (non-hydrogen) atoms. The number of carbonyl (C=O) groups is 3. The quantitative estimate of drug-likeness (QED) is 0.282. The van der Waals surface area contributed by atoms with Gasteiger partial charge in [0.15, 0.2) is 11.4 Å². The van der Waals surface area contributed by atoms with Crippen molar-refractivity contribution in [1.29, 1.82) is 0 Å². The van der Waals surface area contributed by atoms with Crippen LogP contribution in [-0.4, -0.2) is 44.5 Å². The van der Waals surface area contributed by atoms with Crippen molar-refractivity contribution >= 4 is 52.8 Å². The molecule has 230 valence electrons. The maximum atomic E-state index is 14.3. The number of benzene rings is 1. The van der Waals surface area contributed by atoms with Crippen LogP contribution in [-0.2, 0) is 9.47 Å². The van der Waals surface area contributed by atoms with Crippen molar-refractivity contribution in [3.8, 4) is 5.75 Å². The number of pyridine rings is 1. The zero-order chi connectivity index (χ0) is 32.3. The number of ether oxygens (including phenoxy) is 3. The van der Waals surface area contributed by atoms with E-state index in [1.165, 1.54) is 31.3 Å². The van der Waals surface area contributed by atoms with Crippen LogP contribution < -0.4 is 20.5 Å². The summed E-state index contributed by atoms with van der Waals surface area (Å²) < 4.78 is 31.2. The first kappa shape index (κ1) is 33.3. The van der Waals surface area contributed by atoms with E-state index in [1.54, 1.807) is 41.5 Å². The first-order chi connectivity index (χ1) is 19.9. The molecule has 0 saturated heterocycles. The standard InChI is InChI=1S/C28H30Cl2FN5O7/c1-14(21-16(29)9-10-17(31)22(21)30)41-19-12-18(24(38)33-15-8-11-20(37)32-13-15)34-35-23(19)36(25(39)42-27(2,3)4)26(40)43-28(5,6)7/h8-14H,1-7H3,(H,32,37)(H,33,38). The Morgan fingerprint density at radius 2 is 1.58 bits per heavy atom. The lowest BCUT2D eigenvalue weighted by molar-refractivity contribution is 0.0425. The number of aromatic nitrogens is 3. The molecule has 1 atom stereocenters. The highest BCUT2D eigenvalue weighted by Crippen LogP contribution is 2.38. The molecule has 2 heterocycles. The molecule has 0 aliphatic heterocycles. The number of hydrogen-bond donors (Lipinski definition) is 2. The van der Waals surface area contributed by atoms with E-state index < -0.39 is 47.0 Å². The lowest BCUT2D eigenvalue weighted by Gasteiger charge is -2.29. The van der Waals surface area contributed by atoms with E-state index >= 15 is 0 Å². The van der Waals surface area contributed by atoms with Gasteiger partial charge < -0.3 is 24.5 Å². The molecule has 1 unspecified atom stereocenters. The number of imide groups is 1. The lowest BCUT2D eigenvalue weighted by Crippen LogP contribution is -2.44. The Labute approximate surface area is 256 Å². The number of aromatic amines is 1. The molecule has 3 aromatic rings. The summed E-state index contributed by atoms with van der Waals surface area (Å²) in [5, 5.41) is 10.1. The van der Waals surface area contributed by atoms with Gasteiger partial charge in [-0.1, -0.05) is 23.2 Å². The fourth-order valence-electron chi connectivity index (χ4n) is 3.43. The van der Waals surface area contributed by atoms with Crippen LogP contribution in [0.15, 0.2) is 41.3 Å². The number of nitrogens with one attached hydrogen (secondary N) is 2. The molecule has 0 radical (unpaired) electrons. The minimum Gasteiger partial charge on any atom is -0.482 e. The SMILES string of the molecule is CC(Oc1cc(C(=O)Nc2ccc(=O)[nH]c2)nnc1N(C(=O)OC(C)(C)C)C(=O)OC(C)(C)C)c1c(Cl)ccc(F)c1Cl. The van der Waals surface area contributed by atoms with Crippen molar-refractivity contribution in [1.82, 2.24) is 15.2 Å². The summed E-state index contributed by atoms with van der Waals surface area (Å²) in [7, 11) is 0. The Morgan fingerprint density at radius 3 is 2.12 bits per heavy atom. The maximum absolute atomic E-state index is 14.3. The van der Waals surface area contributed by atoms with E-state index in [9.17, 15) is 23.6 Å². The van der Waals surface area contributed by atoms with Gasteiger partial charge >= 0.3 is 12.2 Å². The second kappa shape index (κ2) is 13.0. The highest BCUT2D eigenvalue weighted by atomic mass is 35.5. The van der Waals surface area contributed by atoms with Crippen LogP contribution in [0, 0.1) is 5.82 Å². The first-order valence-corrected chi connectivity index (χ1v) is 13.6. The van der Waals surface area contributed by atoms with Crippen molar-refractivity contribution in [3.63, 3.8) is 0 Å². The highest BCUT2D eigenvalue weighted by molar-refractivity contribution is 6.36. The summed E-state index contributed by atoms with van der Waals surface area (Å²) in [5.74, 6) is -2.39. The third-order valence-electron chi connectivity index (χ3n) is 5.17. The van der Waals surface area contributed by atoms with Crippen molar-refractivity contribution in [2.24, 2.45) is 0 Å². The van der Waals surface area contributed by atoms with Gasteiger partial charge in [0.2, 0.25) is 11.4 Å². The second-order valence-electron chi connectivity index (χ2n) is 11.1. The molecule has 12 nitrogen and oxygen atoms in total. The van der Waals surface area contributed by atoms with Crippen molar-refractivity contribution in [2.45, 2.75) is 65.8 Å². The summed E-state index contributed by atoms with van der Waals surface area (Å²) in [6.07, 6.45) is -2.20. The average Bonchev–Trinajstić information content (AvgIpc) is 2.86. The van der Waals surface area contributed by atoms with Crippen LogP contribution in [0.2, 0.25) is 10.0 Å². The minimum absolute atomic E-state index is 0.0476. The smallest absolute Gasteiger partial charge is 0.425 e. The first-order valence-electron chi connectivity index (χ1n) is 12.8. The van der Waals surface area contributed by atoms with Gasteiger partial charge in [0, 0.05) is 28.9 Å². The largest absolute Gasteiger partial charge is 0.482 e. The van der Waals surface area contributed by atoms with Gasteiger partial charge in [0.05, 0.1) is 10.7 Å². The molecule has 0 fully saturated rings. The van der Waals surface area contributed by atoms with Crippen LogP contribution in [0.3, 0.4) is 0 Å². The third kappa shape index (κ3) is 8.88. The molecular weight excluding hydrogens is 608 g/mol. The van der Waals surface area contributed by atoms with Crippen LogP contribution >= 0.6 is 23.2 Å². The summed E-state index contributed by atoms with van der Waals surface area (Å²) in [5.41, 5.74) is -2.51. The van der Waals surface area contributed by atoms with Gasteiger partial charge in [0.1, 0.15) is 23.1 Å². The monoisotopic (exact) mass is 637 g/mol. The Hall–Kier alpha value is -4.23. The maximum Gasteiger partial charge on any atom is 0.425 e. The number of halogens is 3. The molecule has 3 amide bonds.